The van der Waals surface area contributed by atoms with Gasteiger partial charge in [0.1, 0.15) is 5.82 Å². The highest BCUT2D eigenvalue weighted by molar-refractivity contribution is 9.11. The number of pyridine rings is 1. The molecule has 0 aliphatic carbocycles. The van der Waals surface area contributed by atoms with Crippen LogP contribution >= 0.6 is 31.9 Å². The first-order valence-electron chi connectivity index (χ1n) is 5.85. The molecule has 2 rings (SSSR count). The van der Waals surface area contributed by atoms with E-state index in [2.05, 4.69) is 47.3 Å². The van der Waals surface area contributed by atoms with Crippen LogP contribution in [0.25, 0.3) is 0 Å². The van der Waals surface area contributed by atoms with Crippen molar-refractivity contribution >= 4 is 31.9 Å². The lowest BCUT2D eigenvalue weighted by molar-refractivity contribution is 0.493. The van der Waals surface area contributed by atoms with E-state index in [0.29, 0.717) is 0 Å². The van der Waals surface area contributed by atoms with Gasteiger partial charge < -0.3 is 4.57 Å². The van der Waals surface area contributed by atoms with Gasteiger partial charge in [-0.25, -0.2) is 4.98 Å². The third-order valence-electron chi connectivity index (χ3n) is 2.95. The van der Waals surface area contributed by atoms with Crippen molar-refractivity contribution in [3.63, 3.8) is 0 Å². The Bertz CT molecular complexity index is 555. The highest BCUT2D eigenvalue weighted by atomic mass is 79.9. The van der Waals surface area contributed by atoms with E-state index in [9.17, 15) is 0 Å². The van der Waals surface area contributed by atoms with Crippen molar-refractivity contribution in [2.45, 2.75) is 18.9 Å². The first-order chi connectivity index (χ1) is 9.11. The predicted octanol–water partition coefficient (Wildman–Crippen LogP) is 2.48. The number of hydrogen-bond donors (Lipinski definition) is 2. The summed E-state index contributed by atoms with van der Waals surface area (Å²) >= 11 is 6.90. The fourth-order valence-corrected chi connectivity index (χ4v) is 3.16. The zero-order chi connectivity index (χ0) is 13.8. The van der Waals surface area contributed by atoms with Crippen molar-refractivity contribution in [2.24, 2.45) is 12.9 Å². The standard InChI is InChI=1S/C12H15Br2N5/c1-19-5-4-16-11(19)3-2-10(18-15)12-9(14)6-8(13)7-17-12/h4-7,10,18H,2-3,15H2,1H3. The Labute approximate surface area is 128 Å². The second-order valence-corrected chi connectivity index (χ2v) is 6.00. The Balaban J connectivity index is 2.10. The van der Waals surface area contributed by atoms with Crippen LogP contribution in [-0.2, 0) is 13.5 Å². The van der Waals surface area contributed by atoms with Crippen LogP contribution in [0.1, 0.15) is 24.0 Å². The Morgan fingerprint density at radius 1 is 1.42 bits per heavy atom. The molecule has 0 saturated heterocycles. The molecule has 0 saturated carbocycles. The smallest absolute Gasteiger partial charge is 0.108 e. The number of rotatable bonds is 5. The third-order valence-corrected chi connectivity index (χ3v) is 4.01. The molecule has 0 aromatic carbocycles. The van der Waals surface area contributed by atoms with Crippen molar-refractivity contribution < 1.29 is 0 Å². The number of nitrogens with one attached hydrogen (secondary N) is 1. The van der Waals surface area contributed by atoms with Gasteiger partial charge in [-0.05, 0) is 44.3 Å². The first kappa shape index (κ1) is 14.6. The lowest BCUT2D eigenvalue weighted by atomic mass is 10.1. The van der Waals surface area contributed by atoms with Gasteiger partial charge in [-0.3, -0.25) is 16.3 Å². The average molecular weight is 389 g/mol. The van der Waals surface area contributed by atoms with Crippen LogP contribution < -0.4 is 11.3 Å². The van der Waals surface area contributed by atoms with E-state index in [1.54, 1.807) is 12.4 Å². The molecule has 0 bridgehead atoms. The summed E-state index contributed by atoms with van der Waals surface area (Å²) in [7, 11) is 1.99. The van der Waals surface area contributed by atoms with Gasteiger partial charge in [-0.15, -0.1) is 0 Å². The molecule has 0 aliphatic rings. The minimum Gasteiger partial charge on any atom is -0.338 e. The van der Waals surface area contributed by atoms with E-state index in [1.165, 1.54) is 0 Å². The molecular weight excluding hydrogens is 374 g/mol. The molecule has 5 nitrogen and oxygen atoms in total. The molecule has 2 aromatic rings. The van der Waals surface area contributed by atoms with Crippen LogP contribution in [-0.4, -0.2) is 14.5 Å². The van der Waals surface area contributed by atoms with Crippen molar-refractivity contribution in [2.75, 3.05) is 0 Å². The van der Waals surface area contributed by atoms with Crippen molar-refractivity contribution in [3.05, 3.63) is 45.1 Å². The zero-order valence-electron chi connectivity index (χ0n) is 10.5. The second-order valence-electron chi connectivity index (χ2n) is 4.23. The molecule has 7 heteroatoms. The van der Waals surface area contributed by atoms with E-state index in [4.69, 9.17) is 5.84 Å². The number of hydrogen-bond acceptors (Lipinski definition) is 4. The van der Waals surface area contributed by atoms with Gasteiger partial charge in [0.05, 0.1) is 11.7 Å². The van der Waals surface area contributed by atoms with Crippen LogP contribution in [0.4, 0.5) is 0 Å². The fraction of sp³-hybridized carbons (Fsp3) is 0.333. The Morgan fingerprint density at radius 3 is 2.79 bits per heavy atom. The molecule has 3 N–H and O–H groups in total. The van der Waals surface area contributed by atoms with Gasteiger partial charge in [0, 0.05) is 41.0 Å². The average Bonchev–Trinajstić information content (AvgIpc) is 2.78. The molecule has 1 atom stereocenters. The first-order valence-corrected chi connectivity index (χ1v) is 7.43. The van der Waals surface area contributed by atoms with Gasteiger partial charge in [-0.1, -0.05) is 0 Å². The summed E-state index contributed by atoms with van der Waals surface area (Å²) in [5.74, 6) is 6.68. The van der Waals surface area contributed by atoms with Gasteiger partial charge in [-0.2, -0.15) is 0 Å². The number of imidazole rings is 1. The summed E-state index contributed by atoms with van der Waals surface area (Å²) < 4.78 is 3.88. The van der Waals surface area contributed by atoms with Crippen LogP contribution in [0.3, 0.4) is 0 Å². The fourth-order valence-electron chi connectivity index (χ4n) is 1.89. The van der Waals surface area contributed by atoms with Crippen LogP contribution in [0, 0.1) is 0 Å². The molecule has 102 valence electrons. The predicted molar refractivity (Wildman–Crippen MR) is 81.2 cm³/mol. The normalized spacial score (nSPS) is 12.6. The molecule has 0 spiro atoms. The number of aromatic nitrogens is 3. The molecular formula is C12H15Br2N5. The maximum absolute atomic E-state index is 5.64. The summed E-state index contributed by atoms with van der Waals surface area (Å²) in [6.07, 6.45) is 7.17. The van der Waals surface area contributed by atoms with Crippen molar-refractivity contribution in [1.29, 1.82) is 0 Å². The van der Waals surface area contributed by atoms with Crippen molar-refractivity contribution in [3.8, 4) is 0 Å². The minimum absolute atomic E-state index is 0.0147. The molecule has 19 heavy (non-hydrogen) atoms. The van der Waals surface area contributed by atoms with Gasteiger partial charge in [0.2, 0.25) is 0 Å². The summed E-state index contributed by atoms with van der Waals surface area (Å²) in [6, 6.07) is 1.95. The van der Waals surface area contributed by atoms with Crippen LogP contribution in [0.5, 0.6) is 0 Å². The van der Waals surface area contributed by atoms with Gasteiger partial charge >= 0.3 is 0 Å². The van der Waals surface area contributed by atoms with Crippen molar-refractivity contribution in [1.82, 2.24) is 20.0 Å². The molecule has 2 heterocycles. The van der Waals surface area contributed by atoms with Crippen LogP contribution in [0.15, 0.2) is 33.6 Å². The Kier molecular flexibility index (Phi) is 5.09. The monoisotopic (exact) mass is 387 g/mol. The largest absolute Gasteiger partial charge is 0.338 e. The maximum atomic E-state index is 5.64. The Hall–Kier alpha value is -0.760. The molecule has 0 radical (unpaired) electrons. The van der Waals surface area contributed by atoms with E-state index in [-0.39, 0.29) is 6.04 Å². The summed E-state index contributed by atoms with van der Waals surface area (Å²) in [5.41, 5.74) is 3.72. The summed E-state index contributed by atoms with van der Waals surface area (Å²) in [6.45, 7) is 0. The van der Waals surface area contributed by atoms with E-state index >= 15 is 0 Å². The van der Waals surface area contributed by atoms with Gasteiger partial charge in [0.25, 0.3) is 0 Å². The quantitative estimate of drug-likeness (QED) is 0.609. The molecule has 1 unspecified atom stereocenters. The highest BCUT2D eigenvalue weighted by Crippen LogP contribution is 2.26. The summed E-state index contributed by atoms with van der Waals surface area (Å²) in [4.78, 5) is 8.71. The van der Waals surface area contributed by atoms with Gasteiger partial charge in [0.15, 0.2) is 0 Å². The maximum Gasteiger partial charge on any atom is 0.108 e. The number of nitrogens with zero attached hydrogens (tertiary/aromatic N) is 3. The lowest BCUT2D eigenvalue weighted by Crippen LogP contribution is -2.29. The molecule has 0 fully saturated rings. The summed E-state index contributed by atoms with van der Waals surface area (Å²) in [5, 5.41) is 0. The second kappa shape index (κ2) is 6.60. The molecule has 0 amide bonds. The topological polar surface area (TPSA) is 68.8 Å². The zero-order valence-corrected chi connectivity index (χ0v) is 13.6. The number of halogens is 2. The van der Waals surface area contributed by atoms with E-state index in [0.717, 1.165) is 33.3 Å². The third kappa shape index (κ3) is 3.62. The Morgan fingerprint density at radius 2 is 2.21 bits per heavy atom. The molecule has 0 aliphatic heterocycles. The number of hydrazine groups is 1. The molecule has 2 aromatic heterocycles. The highest BCUT2D eigenvalue weighted by Gasteiger charge is 2.16. The lowest BCUT2D eigenvalue weighted by Gasteiger charge is -2.16. The van der Waals surface area contributed by atoms with E-state index < -0.39 is 0 Å². The van der Waals surface area contributed by atoms with Crippen LogP contribution in [0.2, 0.25) is 0 Å². The number of aryl methyl sites for hydroxylation is 2. The van der Waals surface area contributed by atoms with E-state index in [1.807, 2.05) is 23.9 Å². The number of nitrogens with two attached hydrogens (primary N) is 1. The minimum atomic E-state index is -0.0147. The SMILES string of the molecule is Cn1ccnc1CCC(NN)c1ncc(Br)cc1Br.